The molecule has 1 unspecified atom stereocenters. The number of likely N-dealkylation sites (tertiary alicyclic amines) is 1. The fraction of sp³-hybridized carbons (Fsp3) is 0.231. The maximum Gasteiger partial charge on any atom is 0.265 e. The van der Waals surface area contributed by atoms with E-state index in [4.69, 9.17) is 0 Å². The molecule has 0 radical (unpaired) electrons. The number of pyridine rings is 1. The zero-order valence-corrected chi connectivity index (χ0v) is 19.5. The molecule has 1 saturated heterocycles. The summed E-state index contributed by atoms with van der Waals surface area (Å²) in [6, 6.07) is 14.5. The van der Waals surface area contributed by atoms with Gasteiger partial charge < -0.3 is 15.3 Å². The van der Waals surface area contributed by atoms with Crippen LogP contribution in [0.25, 0.3) is 21.3 Å². The standard InChI is InChI=1S/C26H24N4O3S/c1-16-23(34-25(28-16)17-6-4-12-27-14-17)26(33)30-13-5-7-18(15-30)24(32)29-21-10-2-9-20-19(21)8-3-11-22(20)31/h2-4,6,8-12,14,18,31H,5,7,13,15H2,1H3,(H,29,32). The van der Waals surface area contributed by atoms with Crippen molar-refractivity contribution >= 4 is 39.6 Å². The van der Waals surface area contributed by atoms with E-state index in [1.54, 1.807) is 35.5 Å². The minimum Gasteiger partial charge on any atom is -0.507 e. The van der Waals surface area contributed by atoms with Crippen LogP contribution in [0.1, 0.15) is 28.2 Å². The van der Waals surface area contributed by atoms with E-state index >= 15 is 0 Å². The molecule has 2 N–H and O–H groups in total. The van der Waals surface area contributed by atoms with Gasteiger partial charge in [-0.05, 0) is 44.0 Å². The first-order valence-corrected chi connectivity index (χ1v) is 12.0. The maximum atomic E-state index is 13.3. The number of amides is 2. The smallest absolute Gasteiger partial charge is 0.265 e. The molecule has 7 nitrogen and oxygen atoms in total. The Balaban J connectivity index is 1.32. The Kier molecular flexibility index (Phi) is 5.98. The highest BCUT2D eigenvalue weighted by molar-refractivity contribution is 7.17. The number of thiazole rings is 1. The van der Waals surface area contributed by atoms with Crippen molar-refractivity contribution in [3.63, 3.8) is 0 Å². The summed E-state index contributed by atoms with van der Waals surface area (Å²) in [5, 5.41) is 15.4. The summed E-state index contributed by atoms with van der Waals surface area (Å²) >= 11 is 1.36. The van der Waals surface area contributed by atoms with Crippen LogP contribution in [0.4, 0.5) is 5.69 Å². The van der Waals surface area contributed by atoms with Gasteiger partial charge in [-0.1, -0.05) is 24.3 Å². The van der Waals surface area contributed by atoms with E-state index in [2.05, 4.69) is 15.3 Å². The van der Waals surface area contributed by atoms with Crippen LogP contribution < -0.4 is 5.32 Å². The highest BCUT2D eigenvalue weighted by atomic mass is 32.1. The second-order valence-electron chi connectivity index (χ2n) is 8.43. The number of nitrogens with one attached hydrogen (secondary N) is 1. The highest BCUT2D eigenvalue weighted by Gasteiger charge is 2.31. The van der Waals surface area contributed by atoms with E-state index in [0.717, 1.165) is 22.4 Å². The van der Waals surface area contributed by atoms with Crippen molar-refractivity contribution in [3.05, 3.63) is 71.5 Å². The van der Waals surface area contributed by atoms with E-state index in [9.17, 15) is 14.7 Å². The number of piperidine rings is 1. The summed E-state index contributed by atoms with van der Waals surface area (Å²) in [5.74, 6) is -0.340. The van der Waals surface area contributed by atoms with E-state index < -0.39 is 0 Å². The number of carbonyl (C=O) groups excluding carboxylic acids is 2. The van der Waals surface area contributed by atoms with Gasteiger partial charge in [0.05, 0.1) is 11.6 Å². The van der Waals surface area contributed by atoms with Gasteiger partial charge in [-0.15, -0.1) is 11.3 Å². The fourth-order valence-corrected chi connectivity index (χ4v) is 5.39. The number of hydrogen-bond donors (Lipinski definition) is 2. The molecular weight excluding hydrogens is 448 g/mol. The summed E-state index contributed by atoms with van der Waals surface area (Å²) in [5.41, 5.74) is 2.23. The van der Waals surface area contributed by atoms with Gasteiger partial charge in [0.2, 0.25) is 5.91 Å². The minimum absolute atomic E-state index is 0.0854. The lowest BCUT2D eigenvalue weighted by Gasteiger charge is -2.32. The molecule has 8 heteroatoms. The normalized spacial score (nSPS) is 15.9. The van der Waals surface area contributed by atoms with Crippen molar-refractivity contribution in [1.29, 1.82) is 0 Å². The van der Waals surface area contributed by atoms with E-state index in [1.165, 1.54) is 11.3 Å². The molecule has 1 fully saturated rings. The highest BCUT2D eigenvalue weighted by Crippen LogP contribution is 2.32. The molecule has 0 spiro atoms. The van der Waals surface area contributed by atoms with Gasteiger partial charge in [0, 0.05) is 47.5 Å². The Labute approximate surface area is 201 Å². The molecule has 172 valence electrons. The molecule has 5 rings (SSSR count). The number of rotatable bonds is 4. The van der Waals surface area contributed by atoms with Crippen molar-refractivity contribution < 1.29 is 14.7 Å². The van der Waals surface area contributed by atoms with Crippen LogP contribution in [-0.4, -0.2) is 44.9 Å². The summed E-state index contributed by atoms with van der Waals surface area (Å²) < 4.78 is 0. The largest absolute Gasteiger partial charge is 0.507 e. The summed E-state index contributed by atoms with van der Waals surface area (Å²) in [7, 11) is 0. The van der Waals surface area contributed by atoms with E-state index in [1.807, 2.05) is 37.3 Å². The first-order chi connectivity index (χ1) is 16.5. The van der Waals surface area contributed by atoms with Gasteiger partial charge in [0.25, 0.3) is 5.91 Å². The number of phenols is 1. The topological polar surface area (TPSA) is 95.4 Å². The quantitative estimate of drug-likeness (QED) is 0.442. The van der Waals surface area contributed by atoms with Gasteiger partial charge in [0.1, 0.15) is 15.6 Å². The number of nitrogens with zero attached hydrogens (tertiary/aromatic N) is 3. The molecule has 4 aromatic rings. The number of carbonyl (C=O) groups is 2. The number of aryl methyl sites for hydroxylation is 1. The second kappa shape index (κ2) is 9.23. The molecule has 3 heterocycles. The second-order valence-corrected chi connectivity index (χ2v) is 9.43. The first kappa shape index (κ1) is 22.0. The number of aromatic nitrogens is 2. The maximum absolute atomic E-state index is 13.3. The van der Waals surface area contributed by atoms with Gasteiger partial charge in [0.15, 0.2) is 0 Å². The predicted molar refractivity (Wildman–Crippen MR) is 133 cm³/mol. The number of benzene rings is 2. The number of phenolic OH excluding ortho intramolecular Hbond substituents is 1. The van der Waals surface area contributed by atoms with E-state index in [0.29, 0.717) is 41.2 Å². The monoisotopic (exact) mass is 472 g/mol. The number of hydrogen-bond acceptors (Lipinski definition) is 6. The molecule has 2 aromatic heterocycles. The summed E-state index contributed by atoms with van der Waals surface area (Å²) in [4.78, 5) is 37.5. The number of anilines is 1. The molecule has 0 aliphatic carbocycles. The third kappa shape index (κ3) is 4.24. The van der Waals surface area contributed by atoms with Crippen LogP contribution in [0, 0.1) is 12.8 Å². The van der Waals surface area contributed by atoms with Crippen LogP contribution in [0.2, 0.25) is 0 Å². The van der Waals surface area contributed by atoms with Crippen LogP contribution in [0.3, 0.4) is 0 Å². The summed E-state index contributed by atoms with van der Waals surface area (Å²) in [6.07, 6.45) is 4.92. The molecule has 34 heavy (non-hydrogen) atoms. The third-order valence-corrected chi connectivity index (χ3v) is 7.33. The Hall–Kier alpha value is -3.78. The molecular formula is C26H24N4O3S. The molecule has 1 aliphatic heterocycles. The molecule has 0 saturated carbocycles. The molecule has 2 amide bonds. The fourth-order valence-electron chi connectivity index (χ4n) is 4.36. The average molecular weight is 473 g/mol. The van der Waals surface area contributed by atoms with E-state index in [-0.39, 0.29) is 23.5 Å². The SMILES string of the molecule is Cc1nc(-c2cccnc2)sc1C(=O)N1CCCC(C(=O)Nc2cccc3c(O)cccc23)C1. The van der Waals surface area contributed by atoms with Crippen molar-refractivity contribution in [3.8, 4) is 16.3 Å². The Morgan fingerprint density at radius 1 is 1.12 bits per heavy atom. The zero-order chi connectivity index (χ0) is 23.7. The van der Waals surface area contributed by atoms with Crippen LogP contribution in [-0.2, 0) is 4.79 Å². The minimum atomic E-state index is -0.309. The van der Waals surface area contributed by atoms with Gasteiger partial charge >= 0.3 is 0 Å². The Morgan fingerprint density at radius 2 is 1.94 bits per heavy atom. The third-order valence-electron chi connectivity index (χ3n) is 6.14. The lowest BCUT2D eigenvalue weighted by Crippen LogP contribution is -2.43. The number of aromatic hydroxyl groups is 1. The molecule has 0 bridgehead atoms. The van der Waals surface area contributed by atoms with Crippen LogP contribution >= 0.6 is 11.3 Å². The number of fused-ring (bicyclic) bond motifs is 1. The van der Waals surface area contributed by atoms with Crippen molar-refractivity contribution in [1.82, 2.24) is 14.9 Å². The van der Waals surface area contributed by atoms with Crippen LogP contribution in [0.15, 0.2) is 60.9 Å². The lowest BCUT2D eigenvalue weighted by atomic mass is 9.96. The van der Waals surface area contributed by atoms with Crippen molar-refractivity contribution in [2.24, 2.45) is 5.92 Å². The van der Waals surface area contributed by atoms with Gasteiger partial charge in [-0.3, -0.25) is 14.6 Å². The Bertz CT molecular complexity index is 1370. The molecule has 2 aromatic carbocycles. The van der Waals surface area contributed by atoms with Crippen molar-refractivity contribution in [2.75, 3.05) is 18.4 Å². The summed E-state index contributed by atoms with van der Waals surface area (Å²) in [6.45, 7) is 2.82. The van der Waals surface area contributed by atoms with Gasteiger partial charge in [-0.25, -0.2) is 4.98 Å². The average Bonchev–Trinajstić information content (AvgIpc) is 3.26. The van der Waals surface area contributed by atoms with Crippen molar-refractivity contribution in [2.45, 2.75) is 19.8 Å². The van der Waals surface area contributed by atoms with Gasteiger partial charge in [-0.2, -0.15) is 0 Å². The Morgan fingerprint density at radius 3 is 2.76 bits per heavy atom. The lowest BCUT2D eigenvalue weighted by molar-refractivity contribution is -0.121. The predicted octanol–water partition coefficient (Wildman–Crippen LogP) is 4.86. The molecule has 1 atom stereocenters. The van der Waals surface area contributed by atoms with Crippen LogP contribution in [0.5, 0.6) is 5.75 Å². The first-order valence-electron chi connectivity index (χ1n) is 11.2. The molecule has 1 aliphatic rings. The zero-order valence-electron chi connectivity index (χ0n) is 18.7.